The van der Waals surface area contributed by atoms with Crippen molar-refractivity contribution in [3.05, 3.63) is 101 Å². The number of fused-ring (bicyclic) bond motifs is 1. The average molecular weight is 607 g/mol. The fraction of sp³-hybridized carbons (Fsp3) is 0.333. The number of carbonyl (C=O) groups excluding carboxylic acids is 1. The molecule has 234 valence electrons. The van der Waals surface area contributed by atoms with Crippen molar-refractivity contribution < 1.29 is 14.3 Å². The van der Waals surface area contributed by atoms with Crippen molar-refractivity contribution >= 4 is 22.5 Å². The number of benzene rings is 3. The normalized spacial score (nSPS) is 14.2. The number of methoxy groups -OCH3 is 2. The molecule has 5 aromatic rings. The summed E-state index contributed by atoms with van der Waals surface area (Å²) in [5.74, 6) is 0.919. The molecular formula is C36H42N6O3. The zero-order chi connectivity index (χ0) is 31.5. The van der Waals surface area contributed by atoms with E-state index >= 15 is 0 Å². The molecule has 9 nitrogen and oxygen atoms in total. The maximum absolute atomic E-state index is 13.2. The van der Waals surface area contributed by atoms with Gasteiger partial charge in [-0.3, -0.25) is 14.3 Å². The minimum absolute atomic E-state index is 0.202. The number of carbonyl (C=O) groups is 1. The zero-order valence-corrected chi connectivity index (χ0v) is 26.8. The van der Waals surface area contributed by atoms with Crippen LogP contribution in [0, 0.1) is 13.8 Å². The lowest BCUT2D eigenvalue weighted by Crippen LogP contribution is -2.45. The third-order valence-corrected chi connectivity index (χ3v) is 9.06. The highest BCUT2D eigenvalue weighted by molar-refractivity contribution is 6.04. The first-order valence-corrected chi connectivity index (χ1v) is 15.5. The summed E-state index contributed by atoms with van der Waals surface area (Å²) in [7, 11) is 5.38. The Balaban J connectivity index is 1.13. The van der Waals surface area contributed by atoms with E-state index in [4.69, 9.17) is 9.47 Å². The Morgan fingerprint density at radius 3 is 2.22 bits per heavy atom. The molecule has 0 saturated carbocycles. The van der Waals surface area contributed by atoms with E-state index < -0.39 is 0 Å². The maximum atomic E-state index is 13.2. The summed E-state index contributed by atoms with van der Waals surface area (Å²) in [6.07, 6.45) is 5.97. The second kappa shape index (κ2) is 13.2. The summed E-state index contributed by atoms with van der Waals surface area (Å²) < 4.78 is 15.5. The number of amides is 1. The largest absolute Gasteiger partial charge is 0.494 e. The molecule has 0 aliphatic carbocycles. The molecule has 0 bridgehead atoms. The third-order valence-electron chi connectivity index (χ3n) is 9.06. The van der Waals surface area contributed by atoms with Gasteiger partial charge >= 0.3 is 0 Å². The predicted octanol–water partition coefficient (Wildman–Crippen LogP) is 5.55. The van der Waals surface area contributed by atoms with Gasteiger partial charge in [0.25, 0.3) is 5.91 Å². The van der Waals surface area contributed by atoms with Crippen molar-refractivity contribution in [3.8, 4) is 17.2 Å². The van der Waals surface area contributed by atoms with Gasteiger partial charge in [-0.05, 0) is 68.3 Å². The molecule has 1 saturated heterocycles. The second-order valence-electron chi connectivity index (χ2n) is 11.9. The number of nitrogens with one attached hydrogen (secondary N) is 1. The molecule has 1 N–H and O–H groups in total. The summed E-state index contributed by atoms with van der Waals surface area (Å²) in [4.78, 5) is 22.3. The second-order valence-corrected chi connectivity index (χ2v) is 11.9. The van der Waals surface area contributed by atoms with E-state index in [0.717, 1.165) is 51.3 Å². The SMILES string of the molecule is COc1cc(NC(=O)c2ccc(Cc3ccc4c(c3)c(C)c(C)n4CCN3CCN(C)CC3)cc2)cc(OC)c1-n1ccnc1. The van der Waals surface area contributed by atoms with Crippen LogP contribution < -0.4 is 14.8 Å². The first-order chi connectivity index (χ1) is 21.8. The average Bonchev–Trinajstić information content (AvgIpc) is 3.67. The van der Waals surface area contributed by atoms with E-state index in [0.29, 0.717) is 28.4 Å². The van der Waals surface area contributed by atoms with Crippen LogP contribution in [0.1, 0.15) is 32.7 Å². The van der Waals surface area contributed by atoms with E-state index in [1.165, 1.54) is 27.7 Å². The minimum Gasteiger partial charge on any atom is -0.494 e. The van der Waals surface area contributed by atoms with Gasteiger partial charge in [0, 0.05) is 91.6 Å². The molecule has 9 heteroatoms. The number of nitrogens with zero attached hydrogens (tertiary/aromatic N) is 5. The lowest BCUT2D eigenvalue weighted by atomic mass is 10.0. The van der Waals surface area contributed by atoms with Gasteiger partial charge in [0.15, 0.2) is 0 Å². The molecule has 1 aliphatic rings. The van der Waals surface area contributed by atoms with Gasteiger partial charge in [0.05, 0.1) is 20.5 Å². The predicted molar refractivity (Wildman–Crippen MR) is 179 cm³/mol. The van der Waals surface area contributed by atoms with Crippen LogP contribution in [0.3, 0.4) is 0 Å². The Kier molecular flexibility index (Phi) is 8.91. The van der Waals surface area contributed by atoms with Crippen LogP contribution in [0.15, 0.2) is 73.3 Å². The summed E-state index contributed by atoms with van der Waals surface area (Å²) >= 11 is 0. The summed E-state index contributed by atoms with van der Waals surface area (Å²) in [5, 5.41) is 4.31. The van der Waals surface area contributed by atoms with E-state index in [2.05, 4.69) is 63.8 Å². The first kappa shape index (κ1) is 30.4. The van der Waals surface area contributed by atoms with Crippen molar-refractivity contribution in [3.63, 3.8) is 0 Å². The van der Waals surface area contributed by atoms with Gasteiger partial charge < -0.3 is 24.3 Å². The Bertz CT molecular complexity index is 1760. The van der Waals surface area contributed by atoms with Crippen LogP contribution in [0.2, 0.25) is 0 Å². The van der Waals surface area contributed by atoms with Crippen molar-refractivity contribution in [1.29, 1.82) is 0 Å². The molecule has 0 atom stereocenters. The summed E-state index contributed by atoms with van der Waals surface area (Å²) in [6.45, 7) is 11.1. The van der Waals surface area contributed by atoms with Gasteiger partial charge in [0.1, 0.15) is 17.2 Å². The number of aryl methyl sites for hydroxylation is 1. The highest BCUT2D eigenvalue weighted by Crippen LogP contribution is 2.36. The van der Waals surface area contributed by atoms with Crippen molar-refractivity contribution in [2.24, 2.45) is 0 Å². The van der Waals surface area contributed by atoms with E-state index in [9.17, 15) is 4.79 Å². The van der Waals surface area contributed by atoms with Crippen molar-refractivity contribution in [1.82, 2.24) is 23.9 Å². The number of ether oxygens (including phenoxy) is 2. The number of hydrogen-bond acceptors (Lipinski definition) is 6. The van der Waals surface area contributed by atoms with Crippen LogP contribution in [0.5, 0.6) is 11.5 Å². The van der Waals surface area contributed by atoms with E-state index in [1.54, 1.807) is 38.9 Å². The Labute approximate surface area is 265 Å². The van der Waals surface area contributed by atoms with Crippen molar-refractivity contribution in [2.75, 3.05) is 59.3 Å². The number of hydrogen-bond donors (Lipinski definition) is 1. The minimum atomic E-state index is -0.202. The van der Waals surface area contributed by atoms with Crippen LogP contribution >= 0.6 is 0 Å². The summed E-state index contributed by atoms with van der Waals surface area (Å²) in [6, 6.07) is 18.2. The number of anilines is 1. The fourth-order valence-electron chi connectivity index (χ4n) is 6.23. The Morgan fingerprint density at radius 1 is 0.889 bits per heavy atom. The molecule has 3 heterocycles. The Hall–Kier alpha value is -4.60. The van der Waals surface area contributed by atoms with Gasteiger partial charge in [-0.25, -0.2) is 4.98 Å². The van der Waals surface area contributed by atoms with Gasteiger partial charge in [-0.15, -0.1) is 0 Å². The molecule has 3 aromatic carbocycles. The molecule has 2 aromatic heterocycles. The number of piperazine rings is 1. The number of rotatable bonds is 10. The molecule has 0 unspecified atom stereocenters. The molecule has 1 aliphatic heterocycles. The molecule has 1 amide bonds. The van der Waals surface area contributed by atoms with Gasteiger partial charge in [-0.2, -0.15) is 0 Å². The number of imidazole rings is 1. The molecular weight excluding hydrogens is 564 g/mol. The molecule has 0 spiro atoms. The monoisotopic (exact) mass is 606 g/mol. The standard InChI is InChI=1S/C36H42N6O3/c1-25-26(2)42(19-18-40-16-14-39(3)15-17-40)32-11-8-28(21-31(25)32)20-27-6-9-29(10-7-27)36(43)38-30-22-33(44-4)35(34(23-30)45-5)41-13-12-37-24-41/h6-13,21-24H,14-20H2,1-5H3,(H,38,43). The molecule has 1 fully saturated rings. The van der Waals surface area contributed by atoms with Crippen LogP contribution in [0.4, 0.5) is 5.69 Å². The van der Waals surface area contributed by atoms with Gasteiger partial charge in [-0.1, -0.05) is 18.2 Å². The highest BCUT2D eigenvalue weighted by atomic mass is 16.5. The van der Waals surface area contributed by atoms with Crippen LogP contribution in [-0.4, -0.2) is 83.8 Å². The van der Waals surface area contributed by atoms with Gasteiger partial charge in [0.2, 0.25) is 0 Å². The Morgan fingerprint density at radius 2 is 1.58 bits per heavy atom. The summed E-state index contributed by atoms with van der Waals surface area (Å²) in [5.41, 5.74) is 8.29. The quantitative estimate of drug-likeness (QED) is 0.225. The smallest absolute Gasteiger partial charge is 0.255 e. The molecule has 6 rings (SSSR count). The highest BCUT2D eigenvalue weighted by Gasteiger charge is 2.18. The molecule has 0 radical (unpaired) electrons. The number of aromatic nitrogens is 3. The first-order valence-electron chi connectivity index (χ1n) is 15.5. The zero-order valence-electron chi connectivity index (χ0n) is 26.8. The van der Waals surface area contributed by atoms with Crippen LogP contribution in [-0.2, 0) is 13.0 Å². The van der Waals surface area contributed by atoms with Crippen LogP contribution in [0.25, 0.3) is 16.6 Å². The van der Waals surface area contributed by atoms with E-state index in [1.807, 2.05) is 35.0 Å². The maximum Gasteiger partial charge on any atom is 0.255 e. The third kappa shape index (κ3) is 6.45. The van der Waals surface area contributed by atoms with E-state index in [-0.39, 0.29) is 5.91 Å². The lowest BCUT2D eigenvalue weighted by Gasteiger charge is -2.32. The lowest BCUT2D eigenvalue weighted by molar-refractivity contribution is 0.102. The number of likely N-dealkylation sites (N-methyl/N-ethyl adjacent to an activating group) is 1. The van der Waals surface area contributed by atoms with Crippen molar-refractivity contribution in [2.45, 2.75) is 26.8 Å². The topological polar surface area (TPSA) is 76.8 Å². The fourth-order valence-corrected chi connectivity index (χ4v) is 6.23. The molecule has 45 heavy (non-hydrogen) atoms.